The molecule has 1 saturated carbocycles. The van der Waals surface area contributed by atoms with Gasteiger partial charge in [0.15, 0.2) is 0 Å². The second-order valence-corrected chi connectivity index (χ2v) is 4.60. The van der Waals surface area contributed by atoms with Gasteiger partial charge in [0.2, 0.25) is 5.91 Å². The largest absolute Gasteiger partial charge is 0.497 e. The van der Waals surface area contributed by atoms with Gasteiger partial charge in [-0.15, -0.1) is 0 Å². The van der Waals surface area contributed by atoms with Crippen molar-refractivity contribution in [1.82, 2.24) is 5.32 Å². The number of nitriles is 1. The molecule has 5 heteroatoms. The number of carbonyl (C=O) groups excluding carboxylic acids is 1. The zero-order valence-corrected chi connectivity index (χ0v) is 10.8. The predicted molar refractivity (Wildman–Crippen MR) is 71.8 cm³/mol. The Labute approximate surface area is 112 Å². The first-order valence-corrected chi connectivity index (χ1v) is 6.31. The Hall–Kier alpha value is -2.22. The first-order chi connectivity index (χ1) is 9.21. The molecule has 1 aliphatic rings. The minimum atomic E-state index is -0.521. The Bertz CT molecular complexity index is 474. The van der Waals surface area contributed by atoms with Crippen LogP contribution in [0.15, 0.2) is 24.3 Å². The van der Waals surface area contributed by atoms with Gasteiger partial charge in [-0.2, -0.15) is 5.26 Å². The standard InChI is InChI=1S/C14H17N3O2/c1-19-13-6-4-10(5-7-13)16-12(9-15)8-14(18)17-11-2-3-11/h4-7,11-12,16H,2-3,8H2,1H3,(H,17,18). The van der Waals surface area contributed by atoms with Crippen LogP contribution in [0.1, 0.15) is 19.3 Å². The normalized spacial score (nSPS) is 15.2. The summed E-state index contributed by atoms with van der Waals surface area (Å²) >= 11 is 0. The number of hydrogen-bond acceptors (Lipinski definition) is 4. The molecule has 19 heavy (non-hydrogen) atoms. The molecule has 2 rings (SSSR count). The second kappa shape index (κ2) is 6.10. The summed E-state index contributed by atoms with van der Waals surface area (Å²) in [6.45, 7) is 0. The minimum Gasteiger partial charge on any atom is -0.497 e. The molecule has 0 radical (unpaired) electrons. The number of anilines is 1. The number of hydrogen-bond donors (Lipinski definition) is 2. The summed E-state index contributed by atoms with van der Waals surface area (Å²) in [5.74, 6) is 0.681. The summed E-state index contributed by atoms with van der Waals surface area (Å²) in [7, 11) is 1.60. The summed E-state index contributed by atoms with van der Waals surface area (Å²) in [4.78, 5) is 11.6. The van der Waals surface area contributed by atoms with E-state index in [-0.39, 0.29) is 12.3 Å². The van der Waals surface area contributed by atoms with Crippen LogP contribution in [0, 0.1) is 11.3 Å². The molecule has 2 N–H and O–H groups in total. The van der Waals surface area contributed by atoms with Gasteiger partial charge in [0, 0.05) is 11.7 Å². The van der Waals surface area contributed by atoms with Crippen LogP contribution in [0.4, 0.5) is 5.69 Å². The molecule has 1 fully saturated rings. The average molecular weight is 259 g/mol. The molecule has 0 bridgehead atoms. The van der Waals surface area contributed by atoms with Crippen molar-refractivity contribution in [2.75, 3.05) is 12.4 Å². The van der Waals surface area contributed by atoms with Crippen LogP contribution in [0.25, 0.3) is 0 Å². The monoisotopic (exact) mass is 259 g/mol. The van der Waals surface area contributed by atoms with E-state index in [0.29, 0.717) is 6.04 Å². The summed E-state index contributed by atoms with van der Waals surface area (Å²) in [6, 6.07) is 9.16. The van der Waals surface area contributed by atoms with Crippen molar-refractivity contribution in [3.63, 3.8) is 0 Å². The number of benzene rings is 1. The van der Waals surface area contributed by atoms with E-state index in [0.717, 1.165) is 24.3 Å². The fraction of sp³-hybridized carbons (Fsp3) is 0.429. The molecule has 0 heterocycles. The topological polar surface area (TPSA) is 74.1 Å². The maximum Gasteiger partial charge on any atom is 0.223 e. The number of ether oxygens (including phenoxy) is 1. The summed E-state index contributed by atoms with van der Waals surface area (Å²) in [5, 5.41) is 15.0. The van der Waals surface area contributed by atoms with Crippen molar-refractivity contribution in [2.45, 2.75) is 31.3 Å². The van der Waals surface area contributed by atoms with Crippen molar-refractivity contribution in [2.24, 2.45) is 0 Å². The molecule has 0 saturated heterocycles. The number of methoxy groups -OCH3 is 1. The van der Waals surface area contributed by atoms with Crippen LogP contribution in [0.3, 0.4) is 0 Å². The van der Waals surface area contributed by atoms with Crippen LogP contribution < -0.4 is 15.4 Å². The van der Waals surface area contributed by atoms with Gasteiger partial charge in [0.05, 0.1) is 19.6 Å². The van der Waals surface area contributed by atoms with E-state index in [9.17, 15) is 4.79 Å². The lowest BCUT2D eigenvalue weighted by atomic mass is 10.2. The van der Waals surface area contributed by atoms with Gasteiger partial charge < -0.3 is 15.4 Å². The fourth-order valence-corrected chi connectivity index (χ4v) is 1.72. The third kappa shape index (κ3) is 4.18. The Morgan fingerprint density at radius 3 is 2.68 bits per heavy atom. The van der Waals surface area contributed by atoms with Gasteiger partial charge in [-0.1, -0.05) is 0 Å². The number of carbonyl (C=O) groups is 1. The van der Waals surface area contributed by atoms with Crippen molar-refractivity contribution in [3.05, 3.63) is 24.3 Å². The van der Waals surface area contributed by atoms with E-state index < -0.39 is 6.04 Å². The number of nitrogens with one attached hydrogen (secondary N) is 2. The molecule has 0 spiro atoms. The highest BCUT2D eigenvalue weighted by atomic mass is 16.5. The van der Waals surface area contributed by atoms with Crippen LogP contribution >= 0.6 is 0 Å². The molecule has 0 aromatic heterocycles. The summed E-state index contributed by atoms with van der Waals surface area (Å²) in [6.07, 6.45) is 2.27. The molecule has 1 unspecified atom stereocenters. The number of amides is 1. The molecule has 100 valence electrons. The van der Waals surface area contributed by atoms with E-state index in [1.165, 1.54) is 0 Å². The predicted octanol–water partition coefficient (Wildman–Crippen LogP) is 1.67. The third-order valence-electron chi connectivity index (χ3n) is 2.92. The van der Waals surface area contributed by atoms with Gasteiger partial charge in [-0.25, -0.2) is 0 Å². The van der Waals surface area contributed by atoms with Crippen molar-refractivity contribution in [1.29, 1.82) is 5.26 Å². The zero-order valence-electron chi connectivity index (χ0n) is 10.8. The number of rotatable bonds is 6. The molecular formula is C14H17N3O2. The molecule has 1 aromatic rings. The van der Waals surface area contributed by atoms with Crippen LogP contribution in [-0.4, -0.2) is 25.1 Å². The highest BCUT2D eigenvalue weighted by molar-refractivity contribution is 5.78. The highest BCUT2D eigenvalue weighted by Gasteiger charge is 2.24. The lowest BCUT2D eigenvalue weighted by Gasteiger charge is -2.13. The molecule has 1 aromatic carbocycles. The Morgan fingerprint density at radius 1 is 1.47 bits per heavy atom. The van der Waals surface area contributed by atoms with Gasteiger partial charge in [-0.05, 0) is 37.1 Å². The molecular weight excluding hydrogens is 242 g/mol. The van der Waals surface area contributed by atoms with E-state index >= 15 is 0 Å². The Kier molecular flexibility index (Phi) is 4.24. The Morgan fingerprint density at radius 2 is 2.16 bits per heavy atom. The molecule has 1 aliphatic carbocycles. The van der Waals surface area contributed by atoms with Gasteiger partial charge in [0.1, 0.15) is 11.8 Å². The lowest BCUT2D eigenvalue weighted by Crippen LogP contribution is -2.31. The SMILES string of the molecule is COc1ccc(NC(C#N)CC(=O)NC2CC2)cc1. The first kappa shape index (κ1) is 13.2. The van der Waals surface area contributed by atoms with Crippen molar-refractivity contribution < 1.29 is 9.53 Å². The maximum absolute atomic E-state index is 11.6. The summed E-state index contributed by atoms with van der Waals surface area (Å²) in [5.41, 5.74) is 0.798. The van der Waals surface area contributed by atoms with Gasteiger partial charge in [0.25, 0.3) is 0 Å². The first-order valence-electron chi connectivity index (χ1n) is 6.31. The van der Waals surface area contributed by atoms with E-state index in [1.54, 1.807) is 19.2 Å². The quantitative estimate of drug-likeness (QED) is 0.815. The molecule has 1 atom stereocenters. The van der Waals surface area contributed by atoms with Gasteiger partial charge >= 0.3 is 0 Å². The smallest absolute Gasteiger partial charge is 0.223 e. The second-order valence-electron chi connectivity index (χ2n) is 4.60. The fourth-order valence-electron chi connectivity index (χ4n) is 1.72. The van der Waals surface area contributed by atoms with Crippen LogP contribution in [-0.2, 0) is 4.79 Å². The highest BCUT2D eigenvalue weighted by Crippen LogP contribution is 2.19. The van der Waals surface area contributed by atoms with Crippen molar-refractivity contribution in [3.8, 4) is 11.8 Å². The lowest BCUT2D eigenvalue weighted by molar-refractivity contribution is -0.121. The van der Waals surface area contributed by atoms with Crippen LogP contribution in [0.5, 0.6) is 5.75 Å². The minimum absolute atomic E-state index is 0.0740. The average Bonchev–Trinajstić information content (AvgIpc) is 3.22. The third-order valence-corrected chi connectivity index (χ3v) is 2.92. The number of nitrogens with zero attached hydrogens (tertiary/aromatic N) is 1. The van der Waals surface area contributed by atoms with E-state index in [4.69, 9.17) is 10.00 Å². The molecule has 5 nitrogen and oxygen atoms in total. The van der Waals surface area contributed by atoms with Crippen molar-refractivity contribution >= 4 is 11.6 Å². The molecule has 1 amide bonds. The van der Waals surface area contributed by atoms with Gasteiger partial charge in [-0.3, -0.25) is 4.79 Å². The summed E-state index contributed by atoms with van der Waals surface area (Å²) < 4.78 is 5.06. The van der Waals surface area contributed by atoms with E-state index in [2.05, 4.69) is 16.7 Å². The Balaban J connectivity index is 1.86. The zero-order chi connectivity index (χ0) is 13.7. The molecule has 0 aliphatic heterocycles. The van der Waals surface area contributed by atoms with Crippen LogP contribution in [0.2, 0.25) is 0 Å². The maximum atomic E-state index is 11.6. The van der Waals surface area contributed by atoms with E-state index in [1.807, 2.05) is 12.1 Å².